The highest BCUT2D eigenvalue weighted by atomic mass is 32.2. The van der Waals surface area contributed by atoms with Gasteiger partial charge in [-0.15, -0.1) is 0 Å². The summed E-state index contributed by atoms with van der Waals surface area (Å²) in [4.78, 5) is 27.7. The number of nitrogens with zero attached hydrogens (tertiary/aromatic N) is 3. The highest BCUT2D eigenvalue weighted by Gasteiger charge is 2.17. The maximum atomic E-state index is 12.8. The minimum atomic E-state index is -3.55. The van der Waals surface area contributed by atoms with Gasteiger partial charge in [-0.05, 0) is 44.0 Å². The van der Waals surface area contributed by atoms with Gasteiger partial charge in [-0.1, -0.05) is 6.92 Å². The molecule has 0 saturated heterocycles. The van der Waals surface area contributed by atoms with Crippen LogP contribution >= 0.6 is 0 Å². The second-order valence-corrected chi connectivity index (χ2v) is 8.99. The van der Waals surface area contributed by atoms with Crippen molar-refractivity contribution in [1.29, 1.82) is 0 Å². The summed E-state index contributed by atoms with van der Waals surface area (Å²) < 4.78 is 25.8. The Bertz CT molecular complexity index is 1230. The molecular weight excluding hydrogens is 368 g/mol. The number of rotatable bonds is 5. The summed E-state index contributed by atoms with van der Waals surface area (Å²) in [5.74, 6) is -0.661. The van der Waals surface area contributed by atoms with Gasteiger partial charge in [0.1, 0.15) is 5.88 Å². The number of hydrogen-bond donors (Lipinski definition) is 1. The molecule has 0 atom stereocenters. The molecule has 9 heteroatoms. The van der Waals surface area contributed by atoms with Gasteiger partial charge in [0.05, 0.1) is 16.6 Å². The molecule has 0 saturated carbocycles. The fourth-order valence-electron chi connectivity index (χ4n) is 3.17. The van der Waals surface area contributed by atoms with Crippen LogP contribution in [-0.2, 0) is 22.1 Å². The number of aryl methyl sites for hydroxylation is 1. The Morgan fingerprint density at radius 2 is 1.93 bits per heavy atom. The zero-order chi connectivity index (χ0) is 19.9. The zero-order valence-electron chi connectivity index (χ0n) is 15.7. The Balaban J connectivity index is 2.35. The van der Waals surface area contributed by atoms with Gasteiger partial charge < -0.3 is 4.98 Å². The molecule has 0 unspecified atom stereocenters. The van der Waals surface area contributed by atoms with Crippen molar-refractivity contribution in [2.24, 2.45) is 0 Å². The molecule has 2 heterocycles. The van der Waals surface area contributed by atoms with Crippen molar-refractivity contribution in [1.82, 2.24) is 19.3 Å². The Kier molecular flexibility index (Phi) is 4.81. The highest BCUT2D eigenvalue weighted by Crippen LogP contribution is 2.28. The number of aromatic amines is 1. The van der Waals surface area contributed by atoms with E-state index in [2.05, 4.69) is 10.1 Å². The van der Waals surface area contributed by atoms with Gasteiger partial charge in [0.25, 0.3) is 5.56 Å². The van der Waals surface area contributed by atoms with Gasteiger partial charge in [-0.3, -0.25) is 9.48 Å². The third-order valence-corrected chi connectivity index (χ3v) is 5.11. The van der Waals surface area contributed by atoms with Crippen LogP contribution in [-0.4, -0.2) is 34.0 Å². The second-order valence-electron chi connectivity index (χ2n) is 6.88. The van der Waals surface area contributed by atoms with E-state index in [1.807, 2.05) is 31.5 Å². The van der Waals surface area contributed by atoms with Crippen LogP contribution in [0.4, 0.5) is 0 Å². The van der Waals surface area contributed by atoms with Crippen molar-refractivity contribution in [3.63, 3.8) is 0 Å². The van der Waals surface area contributed by atoms with Gasteiger partial charge in [0.2, 0.25) is 0 Å². The SMILES string of the molecule is CCc1cc2[nH]c(=O)n(CS(C)(=O)=O)c(=O)c2cc1-c1ccnn1C(C)C. The Labute approximate surface area is 156 Å². The lowest BCUT2D eigenvalue weighted by Gasteiger charge is -2.15. The molecule has 0 aliphatic heterocycles. The van der Waals surface area contributed by atoms with E-state index < -0.39 is 27.0 Å². The lowest BCUT2D eigenvalue weighted by molar-refractivity contribution is 0.538. The van der Waals surface area contributed by atoms with Crippen molar-refractivity contribution in [3.05, 3.63) is 50.8 Å². The third kappa shape index (κ3) is 3.59. The molecule has 0 bridgehead atoms. The smallest absolute Gasteiger partial charge is 0.307 e. The standard InChI is InChI=1S/C18H22N4O4S/c1-5-12-8-15-14(9-13(12)16-6-7-19-22(16)11(2)3)17(23)21(18(24)20-15)10-27(4,25)26/h6-9,11H,5,10H2,1-4H3,(H,20,24). The second kappa shape index (κ2) is 6.80. The lowest BCUT2D eigenvalue weighted by Crippen LogP contribution is -2.37. The number of H-pyrrole nitrogens is 1. The molecule has 144 valence electrons. The number of aromatic nitrogens is 4. The van der Waals surface area contributed by atoms with E-state index in [4.69, 9.17) is 0 Å². The van der Waals surface area contributed by atoms with Crippen LogP contribution in [0.25, 0.3) is 22.2 Å². The number of sulfone groups is 1. The molecule has 8 nitrogen and oxygen atoms in total. The highest BCUT2D eigenvalue weighted by molar-refractivity contribution is 7.89. The van der Waals surface area contributed by atoms with Crippen LogP contribution in [0, 0.1) is 0 Å². The van der Waals surface area contributed by atoms with E-state index in [0.717, 1.165) is 23.1 Å². The largest absolute Gasteiger partial charge is 0.329 e. The first-order chi connectivity index (χ1) is 12.6. The van der Waals surface area contributed by atoms with E-state index in [9.17, 15) is 18.0 Å². The molecule has 0 aliphatic carbocycles. The van der Waals surface area contributed by atoms with E-state index in [0.29, 0.717) is 16.5 Å². The molecule has 27 heavy (non-hydrogen) atoms. The fourth-order valence-corrected chi connectivity index (χ4v) is 3.87. The predicted octanol–water partition coefficient (Wildman–Crippen LogP) is 1.70. The van der Waals surface area contributed by atoms with Gasteiger partial charge in [-0.2, -0.15) is 5.10 Å². The molecule has 3 aromatic rings. The normalized spacial score (nSPS) is 12.2. The van der Waals surface area contributed by atoms with Crippen LogP contribution in [0.5, 0.6) is 0 Å². The Morgan fingerprint density at radius 3 is 2.52 bits per heavy atom. The maximum absolute atomic E-state index is 12.8. The van der Waals surface area contributed by atoms with Gasteiger partial charge in [-0.25, -0.2) is 17.8 Å². The minimum Gasteiger partial charge on any atom is -0.307 e. The fraction of sp³-hybridized carbons (Fsp3) is 0.389. The monoisotopic (exact) mass is 390 g/mol. The first kappa shape index (κ1) is 19.1. The first-order valence-electron chi connectivity index (χ1n) is 8.63. The van der Waals surface area contributed by atoms with E-state index >= 15 is 0 Å². The summed E-state index contributed by atoms with van der Waals surface area (Å²) in [5.41, 5.74) is 1.70. The average molecular weight is 390 g/mol. The molecule has 0 spiro atoms. The molecular formula is C18H22N4O4S. The number of fused-ring (bicyclic) bond motifs is 1. The number of nitrogens with one attached hydrogen (secondary N) is 1. The van der Waals surface area contributed by atoms with Gasteiger partial charge in [0.15, 0.2) is 9.84 Å². The maximum Gasteiger partial charge on any atom is 0.329 e. The molecule has 0 fully saturated rings. The van der Waals surface area contributed by atoms with Crippen molar-refractivity contribution in [2.75, 3.05) is 6.26 Å². The van der Waals surface area contributed by atoms with E-state index in [1.54, 1.807) is 18.3 Å². The molecule has 3 rings (SSSR count). The Morgan fingerprint density at radius 1 is 1.22 bits per heavy atom. The minimum absolute atomic E-state index is 0.132. The number of hydrogen-bond acceptors (Lipinski definition) is 5. The van der Waals surface area contributed by atoms with Crippen LogP contribution in [0.15, 0.2) is 34.0 Å². The quantitative estimate of drug-likeness (QED) is 0.713. The molecule has 1 N–H and O–H groups in total. The van der Waals surface area contributed by atoms with E-state index in [-0.39, 0.29) is 11.4 Å². The average Bonchev–Trinajstić information content (AvgIpc) is 3.06. The van der Waals surface area contributed by atoms with E-state index in [1.165, 1.54) is 0 Å². The summed E-state index contributed by atoms with van der Waals surface area (Å²) in [6.45, 7) is 6.02. The van der Waals surface area contributed by atoms with Crippen LogP contribution in [0.3, 0.4) is 0 Å². The van der Waals surface area contributed by atoms with Crippen molar-refractivity contribution >= 4 is 20.7 Å². The lowest BCUT2D eigenvalue weighted by atomic mass is 9.99. The molecule has 1 aromatic carbocycles. The predicted molar refractivity (Wildman–Crippen MR) is 105 cm³/mol. The summed E-state index contributed by atoms with van der Waals surface area (Å²) >= 11 is 0. The number of benzene rings is 1. The topological polar surface area (TPSA) is 107 Å². The summed E-state index contributed by atoms with van der Waals surface area (Å²) in [6, 6.07) is 5.49. The van der Waals surface area contributed by atoms with Crippen LogP contribution in [0.1, 0.15) is 32.4 Å². The van der Waals surface area contributed by atoms with Crippen molar-refractivity contribution in [2.45, 2.75) is 39.1 Å². The third-order valence-electron chi connectivity index (χ3n) is 4.39. The van der Waals surface area contributed by atoms with Crippen molar-refractivity contribution in [3.8, 4) is 11.3 Å². The summed E-state index contributed by atoms with van der Waals surface area (Å²) in [5, 5.41) is 4.61. The zero-order valence-corrected chi connectivity index (χ0v) is 16.5. The van der Waals surface area contributed by atoms with Gasteiger partial charge in [0, 0.05) is 24.1 Å². The van der Waals surface area contributed by atoms with Crippen LogP contribution < -0.4 is 11.2 Å². The van der Waals surface area contributed by atoms with Gasteiger partial charge >= 0.3 is 5.69 Å². The summed E-state index contributed by atoms with van der Waals surface area (Å²) in [7, 11) is -3.55. The molecule has 2 aromatic heterocycles. The van der Waals surface area contributed by atoms with Crippen LogP contribution in [0.2, 0.25) is 0 Å². The van der Waals surface area contributed by atoms with Crippen molar-refractivity contribution < 1.29 is 8.42 Å². The molecule has 0 aliphatic rings. The first-order valence-corrected chi connectivity index (χ1v) is 10.7. The summed E-state index contributed by atoms with van der Waals surface area (Å²) in [6.07, 6.45) is 3.38. The molecule has 0 amide bonds. The molecule has 0 radical (unpaired) electrons. The Hall–Kier alpha value is -2.68.